The van der Waals surface area contributed by atoms with Gasteiger partial charge in [-0.05, 0) is 20.8 Å². The number of imidazole rings is 1. The minimum absolute atomic E-state index is 0.0316. The van der Waals surface area contributed by atoms with E-state index in [2.05, 4.69) is 10.3 Å². The Morgan fingerprint density at radius 1 is 1.56 bits per heavy atom. The van der Waals surface area contributed by atoms with Gasteiger partial charge in [-0.2, -0.15) is 4.31 Å². The van der Waals surface area contributed by atoms with Crippen LogP contribution in [0.2, 0.25) is 0 Å². The molecule has 1 aromatic heterocycles. The zero-order valence-corrected chi connectivity index (χ0v) is 11.9. The molecule has 0 radical (unpaired) electrons. The molecule has 1 aromatic rings. The summed E-state index contributed by atoms with van der Waals surface area (Å²) in [6.45, 7) is 8.31. The van der Waals surface area contributed by atoms with Crippen molar-refractivity contribution in [3.8, 4) is 0 Å². The smallest absolute Gasteiger partial charge is 0.262 e. The van der Waals surface area contributed by atoms with Crippen LogP contribution in [-0.4, -0.2) is 48.0 Å². The number of hydrogen-bond donors (Lipinski definition) is 1. The first-order valence-corrected chi connectivity index (χ1v) is 7.67. The summed E-state index contributed by atoms with van der Waals surface area (Å²) in [6, 6.07) is -0.0316. The monoisotopic (exact) mass is 272 g/mol. The number of hydrogen-bond acceptors (Lipinski definition) is 4. The molecule has 0 aromatic carbocycles. The van der Waals surface area contributed by atoms with E-state index in [1.165, 1.54) is 4.31 Å². The topological polar surface area (TPSA) is 67.2 Å². The van der Waals surface area contributed by atoms with Gasteiger partial charge < -0.3 is 9.88 Å². The van der Waals surface area contributed by atoms with Gasteiger partial charge >= 0.3 is 0 Å². The molecule has 0 saturated carbocycles. The summed E-state index contributed by atoms with van der Waals surface area (Å²) in [7, 11) is -3.46. The quantitative estimate of drug-likeness (QED) is 0.853. The Morgan fingerprint density at radius 3 is 2.83 bits per heavy atom. The Kier molecular flexibility index (Phi) is 3.74. The number of nitrogens with zero attached hydrogens (tertiary/aromatic N) is 3. The van der Waals surface area contributed by atoms with Gasteiger partial charge in [0.05, 0.1) is 0 Å². The molecule has 1 aliphatic rings. The standard InChI is InChI=1S/C11H20N4O2S/c1-4-14-8-11(13-10(14)3)18(16,17)15-6-5-12-7-9(15)2/h8-9,12H,4-7H2,1-3H3/t9-/m0/s1. The second-order valence-corrected chi connectivity index (χ2v) is 6.42. The van der Waals surface area contributed by atoms with Crippen LogP contribution in [0.5, 0.6) is 0 Å². The molecule has 0 aliphatic carbocycles. The second-order valence-electron chi connectivity index (χ2n) is 4.58. The molecule has 0 unspecified atom stereocenters. The van der Waals surface area contributed by atoms with E-state index in [9.17, 15) is 8.42 Å². The Hall–Kier alpha value is -0.920. The largest absolute Gasteiger partial charge is 0.334 e. The highest BCUT2D eigenvalue weighted by molar-refractivity contribution is 7.89. The van der Waals surface area contributed by atoms with E-state index >= 15 is 0 Å². The number of rotatable bonds is 3. The Labute approximate surface area is 108 Å². The molecule has 102 valence electrons. The van der Waals surface area contributed by atoms with E-state index in [0.717, 1.165) is 12.4 Å². The fourth-order valence-corrected chi connectivity index (χ4v) is 3.85. The van der Waals surface area contributed by atoms with Crippen LogP contribution in [0.3, 0.4) is 0 Å². The maximum Gasteiger partial charge on any atom is 0.262 e. The molecule has 0 amide bonds. The Morgan fingerprint density at radius 2 is 2.28 bits per heavy atom. The molecule has 0 bridgehead atoms. The van der Waals surface area contributed by atoms with Crippen molar-refractivity contribution in [2.75, 3.05) is 19.6 Å². The molecule has 1 N–H and O–H groups in total. The highest BCUT2D eigenvalue weighted by Gasteiger charge is 2.32. The fraction of sp³-hybridized carbons (Fsp3) is 0.727. The summed E-state index contributed by atoms with van der Waals surface area (Å²) in [5.41, 5.74) is 0. The second kappa shape index (κ2) is 4.99. The van der Waals surface area contributed by atoms with Crippen molar-refractivity contribution in [2.24, 2.45) is 0 Å². The van der Waals surface area contributed by atoms with Crippen molar-refractivity contribution < 1.29 is 8.42 Å². The molecule has 1 aliphatic heterocycles. The maximum absolute atomic E-state index is 12.5. The first-order chi connectivity index (χ1) is 8.46. The predicted octanol–water partition coefficient (Wildman–Crippen LogP) is 0.194. The van der Waals surface area contributed by atoms with E-state index in [-0.39, 0.29) is 11.1 Å². The van der Waals surface area contributed by atoms with Crippen LogP contribution < -0.4 is 5.32 Å². The van der Waals surface area contributed by atoms with Gasteiger partial charge in [-0.25, -0.2) is 13.4 Å². The highest BCUT2D eigenvalue weighted by Crippen LogP contribution is 2.18. The number of sulfonamides is 1. The summed E-state index contributed by atoms with van der Waals surface area (Å²) < 4.78 is 28.4. The van der Waals surface area contributed by atoms with Crippen LogP contribution in [0.25, 0.3) is 0 Å². The minimum atomic E-state index is -3.46. The van der Waals surface area contributed by atoms with Crippen LogP contribution in [-0.2, 0) is 16.6 Å². The Balaban J connectivity index is 2.34. The van der Waals surface area contributed by atoms with Crippen molar-refractivity contribution in [3.63, 3.8) is 0 Å². The van der Waals surface area contributed by atoms with Gasteiger partial charge in [-0.1, -0.05) is 0 Å². The lowest BCUT2D eigenvalue weighted by Crippen LogP contribution is -2.52. The van der Waals surface area contributed by atoms with Crippen LogP contribution in [0.4, 0.5) is 0 Å². The molecule has 7 heteroatoms. The van der Waals surface area contributed by atoms with Gasteiger partial charge in [0.1, 0.15) is 5.82 Å². The van der Waals surface area contributed by atoms with Crippen molar-refractivity contribution in [1.82, 2.24) is 19.2 Å². The normalized spacial score (nSPS) is 22.3. The molecule has 1 fully saturated rings. The van der Waals surface area contributed by atoms with Crippen LogP contribution >= 0.6 is 0 Å². The lowest BCUT2D eigenvalue weighted by molar-refractivity contribution is 0.283. The third kappa shape index (κ3) is 2.30. The summed E-state index contributed by atoms with van der Waals surface area (Å²) in [4.78, 5) is 4.18. The SMILES string of the molecule is CCn1cc(S(=O)(=O)N2CCNC[C@@H]2C)nc1C. The van der Waals surface area contributed by atoms with Gasteiger partial charge in [-0.3, -0.25) is 0 Å². The zero-order chi connectivity index (χ0) is 13.3. The predicted molar refractivity (Wildman–Crippen MR) is 68.9 cm³/mol. The molecular weight excluding hydrogens is 252 g/mol. The zero-order valence-electron chi connectivity index (χ0n) is 11.0. The van der Waals surface area contributed by atoms with E-state index in [1.54, 1.807) is 6.20 Å². The average Bonchev–Trinajstić information content (AvgIpc) is 2.71. The van der Waals surface area contributed by atoms with Crippen molar-refractivity contribution in [1.29, 1.82) is 0 Å². The van der Waals surface area contributed by atoms with Gasteiger partial charge in [0.25, 0.3) is 10.0 Å². The van der Waals surface area contributed by atoms with E-state index in [1.807, 2.05) is 25.3 Å². The maximum atomic E-state index is 12.5. The summed E-state index contributed by atoms with van der Waals surface area (Å²) in [5, 5.41) is 3.35. The number of piperazine rings is 1. The molecule has 2 heterocycles. The van der Waals surface area contributed by atoms with Crippen LogP contribution in [0.15, 0.2) is 11.2 Å². The minimum Gasteiger partial charge on any atom is -0.334 e. The van der Waals surface area contributed by atoms with Gasteiger partial charge in [-0.15, -0.1) is 0 Å². The van der Waals surface area contributed by atoms with Gasteiger partial charge in [0.15, 0.2) is 5.03 Å². The first kappa shape index (κ1) is 13.5. The summed E-state index contributed by atoms with van der Waals surface area (Å²) in [6.07, 6.45) is 1.62. The molecule has 6 nitrogen and oxygen atoms in total. The van der Waals surface area contributed by atoms with Crippen LogP contribution in [0, 0.1) is 6.92 Å². The molecule has 2 rings (SSSR count). The first-order valence-electron chi connectivity index (χ1n) is 6.23. The molecule has 18 heavy (non-hydrogen) atoms. The van der Waals surface area contributed by atoms with E-state index in [0.29, 0.717) is 19.6 Å². The molecule has 1 atom stereocenters. The van der Waals surface area contributed by atoms with Crippen molar-refractivity contribution >= 4 is 10.0 Å². The third-order valence-electron chi connectivity index (χ3n) is 3.31. The number of aromatic nitrogens is 2. The van der Waals surface area contributed by atoms with Gasteiger partial charge in [0, 0.05) is 38.4 Å². The fourth-order valence-electron chi connectivity index (χ4n) is 2.22. The van der Waals surface area contributed by atoms with Crippen molar-refractivity contribution in [3.05, 3.63) is 12.0 Å². The molecule has 0 spiro atoms. The van der Waals surface area contributed by atoms with Crippen LogP contribution in [0.1, 0.15) is 19.7 Å². The van der Waals surface area contributed by atoms with E-state index < -0.39 is 10.0 Å². The summed E-state index contributed by atoms with van der Waals surface area (Å²) in [5.74, 6) is 0.735. The summed E-state index contributed by atoms with van der Waals surface area (Å²) >= 11 is 0. The van der Waals surface area contributed by atoms with E-state index in [4.69, 9.17) is 0 Å². The average molecular weight is 272 g/mol. The highest BCUT2D eigenvalue weighted by atomic mass is 32.2. The Bertz CT molecular complexity index is 523. The lowest BCUT2D eigenvalue weighted by Gasteiger charge is -2.32. The molecule has 1 saturated heterocycles. The van der Waals surface area contributed by atoms with Crippen molar-refractivity contribution in [2.45, 2.75) is 38.4 Å². The van der Waals surface area contributed by atoms with Gasteiger partial charge in [0.2, 0.25) is 0 Å². The third-order valence-corrected chi connectivity index (χ3v) is 5.19. The number of aryl methyl sites for hydroxylation is 2. The number of nitrogens with one attached hydrogen (secondary N) is 1. The lowest BCUT2D eigenvalue weighted by atomic mass is 10.3. The molecular formula is C11H20N4O2S.